The van der Waals surface area contributed by atoms with Crippen molar-refractivity contribution in [3.05, 3.63) is 47.0 Å². The van der Waals surface area contributed by atoms with Crippen LogP contribution in [0.3, 0.4) is 0 Å². The Morgan fingerprint density at radius 2 is 2.14 bits per heavy atom. The maximum absolute atomic E-state index is 5.96. The molecule has 0 amide bonds. The first-order chi connectivity index (χ1) is 6.74. The molecule has 0 N–H and O–H groups in total. The Balaban J connectivity index is 2.39. The minimum absolute atomic E-state index is 0.520. The van der Waals surface area contributed by atoms with Gasteiger partial charge in [0.15, 0.2) is 0 Å². The number of ether oxygens (including phenoxy) is 1. The topological polar surface area (TPSA) is 9.23 Å². The molecule has 0 bridgehead atoms. The Hall–Kier alpha value is -0.440. The van der Waals surface area contributed by atoms with Crippen molar-refractivity contribution in [1.29, 1.82) is 0 Å². The van der Waals surface area contributed by atoms with Crippen LogP contribution in [-0.2, 0) is 11.3 Å². The van der Waals surface area contributed by atoms with Crippen molar-refractivity contribution in [3.8, 4) is 0 Å². The number of halogens is 1. The summed E-state index contributed by atoms with van der Waals surface area (Å²) in [6, 6.07) is 7.65. The lowest BCUT2D eigenvalue weighted by atomic mass is 10.2. The van der Waals surface area contributed by atoms with E-state index >= 15 is 0 Å². The number of thiol groups is 1. The van der Waals surface area contributed by atoms with Crippen LogP contribution in [0, 0.1) is 0 Å². The van der Waals surface area contributed by atoms with Crippen molar-refractivity contribution in [2.75, 3.05) is 12.4 Å². The number of benzene rings is 1. The fourth-order valence-corrected chi connectivity index (χ4v) is 1.25. The lowest BCUT2D eigenvalue weighted by Crippen LogP contribution is -1.99. The molecule has 0 radical (unpaired) electrons. The van der Waals surface area contributed by atoms with E-state index in [-0.39, 0.29) is 0 Å². The summed E-state index contributed by atoms with van der Waals surface area (Å²) < 4.78 is 5.42. The minimum atomic E-state index is 0.520. The zero-order valence-electron chi connectivity index (χ0n) is 7.87. The molecule has 1 nitrogen and oxygen atoms in total. The summed E-state index contributed by atoms with van der Waals surface area (Å²) in [6.07, 6.45) is 0. The van der Waals surface area contributed by atoms with Crippen molar-refractivity contribution in [3.63, 3.8) is 0 Å². The minimum Gasteiger partial charge on any atom is -0.372 e. The van der Waals surface area contributed by atoms with Crippen LogP contribution in [0.5, 0.6) is 0 Å². The molecular formula is C11H13ClOS. The molecule has 0 aliphatic carbocycles. The summed E-state index contributed by atoms with van der Waals surface area (Å²) in [4.78, 5) is 0. The monoisotopic (exact) mass is 228 g/mol. The van der Waals surface area contributed by atoms with Crippen molar-refractivity contribution in [2.45, 2.75) is 6.61 Å². The van der Waals surface area contributed by atoms with Crippen molar-refractivity contribution in [1.82, 2.24) is 0 Å². The average Bonchev–Trinajstić information content (AvgIpc) is 2.20. The van der Waals surface area contributed by atoms with Gasteiger partial charge in [-0.15, -0.1) is 0 Å². The third-order valence-corrected chi connectivity index (χ3v) is 2.56. The highest BCUT2D eigenvalue weighted by Crippen LogP contribution is 2.15. The van der Waals surface area contributed by atoms with E-state index in [0.717, 1.165) is 16.2 Å². The van der Waals surface area contributed by atoms with Crippen molar-refractivity contribution in [2.24, 2.45) is 0 Å². The summed E-state index contributed by atoms with van der Waals surface area (Å²) in [5.41, 5.74) is 1.97. The van der Waals surface area contributed by atoms with E-state index < -0.39 is 0 Å². The average molecular weight is 229 g/mol. The molecule has 3 heteroatoms. The molecule has 1 aromatic carbocycles. The highest BCUT2D eigenvalue weighted by atomic mass is 35.5. The Kier molecular flexibility index (Phi) is 5.09. The molecule has 0 unspecified atom stereocenters. The van der Waals surface area contributed by atoms with Gasteiger partial charge >= 0.3 is 0 Å². The Morgan fingerprint density at radius 3 is 2.79 bits per heavy atom. The van der Waals surface area contributed by atoms with Crippen LogP contribution < -0.4 is 0 Å². The van der Waals surface area contributed by atoms with Gasteiger partial charge in [0, 0.05) is 10.8 Å². The van der Waals surface area contributed by atoms with Crippen LogP contribution in [0.25, 0.3) is 0 Å². The van der Waals surface area contributed by atoms with Gasteiger partial charge in [-0.05, 0) is 17.2 Å². The third-order valence-electron chi connectivity index (χ3n) is 1.75. The predicted octanol–water partition coefficient (Wildman–Crippen LogP) is 3.34. The molecule has 1 aromatic rings. The predicted molar refractivity (Wildman–Crippen MR) is 64.1 cm³/mol. The Morgan fingerprint density at radius 1 is 1.43 bits per heavy atom. The summed E-state index contributed by atoms with van der Waals surface area (Å²) >= 11 is 10.0. The lowest BCUT2D eigenvalue weighted by Gasteiger charge is -2.06. The molecule has 0 aromatic heterocycles. The zero-order chi connectivity index (χ0) is 10.4. The van der Waals surface area contributed by atoms with E-state index in [1.54, 1.807) is 0 Å². The number of hydrogen-bond acceptors (Lipinski definition) is 2. The zero-order valence-corrected chi connectivity index (χ0v) is 9.52. The highest BCUT2D eigenvalue weighted by molar-refractivity contribution is 7.80. The molecule has 1 rings (SSSR count). The van der Waals surface area contributed by atoms with Gasteiger partial charge < -0.3 is 4.74 Å². The van der Waals surface area contributed by atoms with E-state index in [1.807, 2.05) is 24.3 Å². The maximum Gasteiger partial charge on any atom is 0.0735 e. The second kappa shape index (κ2) is 6.12. The molecule has 0 spiro atoms. The summed E-state index contributed by atoms with van der Waals surface area (Å²) in [7, 11) is 0. The van der Waals surface area contributed by atoms with Gasteiger partial charge in [-0.3, -0.25) is 0 Å². The molecule has 0 fully saturated rings. The standard InChI is InChI=1S/C11H13ClOS/c1-9(8-14)6-13-7-10-4-2-3-5-11(10)12/h2-5,14H,1,6-8H2. The SMILES string of the molecule is C=C(CS)COCc1ccccc1Cl. The first-order valence-corrected chi connectivity index (χ1v) is 5.33. The van der Waals surface area contributed by atoms with Gasteiger partial charge in [0.05, 0.1) is 13.2 Å². The molecular weight excluding hydrogens is 216 g/mol. The van der Waals surface area contributed by atoms with Gasteiger partial charge in [0.1, 0.15) is 0 Å². The molecule has 0 aliphatic rings. The fourth-order valence-electron chi connectivity index (χ4n) is 0.966. The molecule has 0 atom stereocenters. The molecule has 0 aliphatic heterocycles. The summed E-state index contributed by atoms with van der Waals surface area (Å²) in [5.74, 6) is 0.655. The first kappa shape index (κ1) is 11.6. The lowest BCUT2D eigenvalue weighted by molar-refractivity contribution is 0.143. The number of rotatable bonds is 5. The van der Waals surface area contributed by atoms with Crippen LogP contribution in [0.4, 0.5) is 0 Å². The normalized spacial score (nSPS) is 10.1. The van der Waals surface area contributed by atoms with Crippen LogP contribution in [0.1, 0.15) is 5.56 Å². The second-order valence-corrected chi connectivity index (χ2v) is 3.72. The van der Waals surface area contributed by atoms with E-state index in [9.17, 15) is 0 Å². The van der Waals surface area contributed by atoms with Crippen LogP contribution >= 0.6 is 24.2 Å². The van der Waals surface area contributed by atoms with E-state index in [2.05, 4.69) is 19.2 Å². The van der Waals surface area contributed by atoms with Gasteiger partial charge in [-0.1, -0.05) is 36.4 Å². The summed E-state index contributed by atoms with van der Waals surface area (Å²) in [5, 5.41) is 0.740. The van der Waals surface area contributed by atoms with Gasteiger partial charge in [-0.25, -0.2) is 0 Å². The molecule has 14 heavy (non-hydrogen) atoms. The summed E-state index contributed by atoms with van der Waals surface area (Å²) in [6.45, 7) is 4.85. The smallest absolute Gasteiger partial charge is 0.0735 e. The van der Waals surface area contributed by atoms with Crippen molar-refractivity contribution >= 4 is 24.2 Å². The van der Waals surface area contributed by atoms with Gasteiger partial charge in [0.2, 0.25) is 0 Å². The maximum atomic E-state index is 5.96. The van der Waals surface area contributed by atoms with Crippen LogP contribution in [-0.4, -0.2) is 12.4 Å². The van der Waals surface area contributed by atoms with Crippen LogP contribution in [0.2, 0.25) is 5.02 Å². The van der Waals surface area contributed by atoms with E-state index in [4.69, 9.17) is 16.3 Å². The van der Waals surface area contributed by atoms with Gasteiger partial charge in [0.25, 0.3) is 0 Å². The fraction of sp³-hybridized carbons (Fsp3) is 0.273. The van der Waals surface area contributed by atoms with E-state index in [1.165, 1.54) is 0 Å². The molecule has 0 heterocycles. The first-order valence-electron chi connectivity index (χ1n) is 4.32. The van der Waals surface area contributed by atoms with Crippen molar-refractivity contribution < 1.29 is 4.74 Å². The molecule has 0 saturated carbocycles. The molecule has 76 valence electrons. The highest BCUT2D eigenvalue weighted by Gasteiger charge is 1.98. The third kappa shape index (κ3) is 3.74. The Labute approximate surface area is 95.1 Å². The van der Waals surface area contributed by atoms with E-state index in [0.29, 0.717) is 19.0 Å². The van der Waals surface area contributed by atoms with Gasteiger partial charge in [-0.2, -0.15) is 12.6 Å². The second-order valence-electron chi connectivity index (χ2n) is 2.99. The molecule has 0 saturated heterocycles. The Bertz CT molecular complexity index is 312. The largest absolute Gasteiger partial charge is 0.372 e. The number of hydrogen-bond donors (Lipinski definition) is 1. The van der Waals surface area contributed by atoms with Crippen LogP contribution in [0.15, 0.2) is 36.4 Å². The quantitative estimate of drug-likeness (QED) is 0.601.